The van der Waals surface area contributed by atoms with Gasteiger partial charge in [-0.15, -0.1) is 0 Å². The van der Waals surface area contributed by atoms with Crippen molar-refractivity contribution < 1.29 is 24.5 Å². The number of hydrogen-bond acceptors (Lipinski definition) is 4. The van der Waals surface area contributed by atoms with E-state index in [1.54, 1.807) is 6.92 Å². The highest BCUT2D eigenvalue weighted by atomic mass is 16.5. The summed E-state index contributed by atoms with van der Waals surface area (Å²) >= 11 is 0. The zero-order valence-electron chi connectivity index (χ0n) is 15.1. The SMILES string of the molecule is CC(CO)CC(NC(=O)OCC1c2ccccc2-c2ccccc21)C(=O)O. The van der Waals surface area contributed by atoms with Gasteiger partial charge in [0.05, 0.1) is 0 Å². The van der Waals surface area contributed by atoms with Crippen LogP contribution in [0.25, 0.3) is 11.1 Å². The first kappa shape index (κ1) is 18.9. The number of amides is 1. The van der Waals surface area contributed by atoms with Gasteiger partial charge >= 0.3 is 12.1 Å². The van der Waals surface area contributed by atoms with E-state index in [1.165, 1.54) is 0 Å². The molecule has 0 saturated carbocycles. The van der Waals surface area contributed by atoms with E-state index in [0.29, 0.717) is 0 Å². The Morgan fingerprint density at radius 1 is 1.07 bits per heavy atom. The summed E-state index contributed by atoms with van der Waals surface area (Å²) < 4.78 is 5.36. The van der Waals surface area contributed by atoms with Crippen LogP contribution in [0, 0.1) is 5.92 Å². The van der Waals surface area contributed by atoms with Gasteiger partial charge in [0.15, 0.2) is 0 Å². The molecule has 2 aromatic carbocycles. The van der Waals surface area contributed by atoms with Gasteiger partial charge in [0.1, 0.15) is 12.6 Å². The van der Waals surface area contributed by atoms with Gasteiger partial charge in [0.2, 0.25) is 0 Å². The zero-order valence-corrected chi connectivity index (χ0v) is 15.1. The topological polar surface area (TPSA) is 95.9 Å². The number of hydrogen-bond donors (Lipinski definition) is 3. The Kier molecular flexibility index (Phi) is 5.76. The molecule has 27 heavy (non-hydrogen) atoms. The molecule has 6 heteroatoms. The first-order chi connectivity index (χ1) is 13.0. The van der Waals surface area contributed by atoms with E-state index in [4.69, 9.17) is 9.84 Å². The molecule has 1 aliphatic rings. The molecule has 3 rings (SSSR count). The molecule has 2 aromatic rings. The van der Waals surface area contributed by atoms with E-state index in [-0.39, 0.29) is 31.5 Å². The lowest BCUT2D eigenvalue weighted by Gasteiger charge is -2.19. The normalized spacial score (nSPS) is 14.7. The number of rotatable bonds is 7. The van der Waals surface area contributed by atoms with E-state index in [9.17, 15) is 14.7 Å². The summed E-state index contributed by atoms with van der Waals surface area (Å²) in [6.07, 6.45) is -0.634. The molecule has 1 amide bonds. The lowest BCUT2D eigenvalue weighted by atomic mass is 9.98. The average Bonchev–Trinajstić information content (AvgIpc) is 2.99. The molecule has 0 fully saturated rings. The minimum Gasteiger partial charge on any atom is -0.480 e. The third kappa shape index (κ3) is 4.11. The Labute approximate surface area is 157 Å². The Morgan fingerprint density at radius 2 is 1.63 bits per heavy atom. The van der Waals surface area contributed by atoms with Crippen molar-refractivity contribution in [1.82, 2.24) is 5.32 Å². The fraction of sp³-hybridized carbons (Fsp3) is 0.333. The van der Waals surface area contributed by atoms with E-state index in [1.807, 2.05) is 48.5 Å². The van der Waals surface area contributed by atoms with Gasteiger partial charge in [-0.05, 0) is 34.6 Å². The highest BCUT2D eigenvalue weighted by molar-refractivity contribution is 5.81. The quantitative estimate of drug-likeness (QED) is 0.697. The zero-order chi connectivity index (χ0) is 19.4. The molecule has 1 aliphatic carbocycles. The van der Waals surface area contributed by atoms with Crippen molar-refractivity contribution in [3.63, 3.8) is 0 Å². The van der Waals surface area contributed by atoms with Gasteiger partial charge in [-0.3, -0.25) is 0 Å². The van der Waals surface area contributed by atoms with Gasteiger partial charge in [-0.25, -0.2) is 9.59 Å². The molecule has 0 aliphatic heterocycles. The van der Waals surface area contributed by atoms with Crippen LogP contribution in [0.4, 0.5) is 4.79 Å². The van der Waals surface area contributed by atoms with Crippen molar-refractivity contribution in [3.05, 3.63) is 59.7 Å². The minimum atomic E-state index is -1.15. The van der Waals surface area contributed by atoms with Gasteiger partial charge in [-0.1, -0.05) is 55.5 Å². The molecule has 0 heterocycles. The molecule has 2 atom stereocenters. The number of aliphatic carboxylic acids is 1. The van der Waals surface area contributed by atoms with Crippen molar-refractivity contribution >= 4 is 12.1 Å². The Bertz CT molecular complexity index is 789. The summed E-state index contributed by atoms with van der Waals surface area (Å²) in [5.41, 5.74) is 4.44. The molecule has 0 spiro atoms. The number of carbonyl (C=O) groups excluding carboxylic acids is 1. The van der Waals surface area contributed by atoms with Gasteiger partial charge in [0, 0.05) is 12.5 Å². The summed E-state index contributed by atoms with van der Waals surface area (Å²) in [5.74, 6) is -1.47. The first-order valence-corrected chi connectivity index (χ1v) is 8.96. The number of ether oxygens (including phenoxy) is 1. The van der Waals surface area contributed by atoms with Crippen molar-refractivity contribution in [3.8, 4) is 11.1 Å². The summed E-state index contributed by atoms with van der Waals surface area (Å²) in [4.78, 5) is 23.5. The molecule has 142 valence electrons. The van der Waals surface area contributed by atoms with Crippen LogP contribution in [0.15, 0.2) is 48.5 Å². The maximum atomic E-state index is 12.1. The molecule has 6 nitrogen and oxygen atoms in total. The Morgan fingerprint density at radius 3 is 2.15 bits per heavy atom. The monoisotopic (exact) mass is 369 g/mol. The Balaban J connectivity index is 1.68. The minimum absolute atomic E-state index is 0.0807. The summed E-state index contributed by atoms with van der Waals surface area (Å²) in [7, 11) is 0. The molecule has 0 aromatic heterocycles. The maximum absolute atomic E-state index is 12.1. The predicted molar refractivity (Wildman–Crippen MR) is 100 cm³/mol. The van der Waals surface area contributed by atoms with Gasteiger partial charge in [0.25, 0.3) is 0 Å². The van der Waals surface area contributed by atoms with Gasteiger partial charge < -0.3 is 20.3 Å². The molecule has 0 bridgehead atoms. The number of nitrogens with one attached hydrogen (secondary N) is 1. The average molecular weight is 369 g/mol. The molecular formula is C21H23NO5. The highest BCUT2D eigenvalue weighted by Crippen LogP contribution is 2.44. The number of alkyl carbamates (subject to hydrolysis) is 1. The van der Waals surface area contributed by atoms with Crippen LogP contribution >= 0.6 is 0 Å². The number of carbonyl (C=O) groups is 2. The maximum Gasteiger partial charge on any atom is 0.407 e. The van der Waals surface area contributed by atoms with Crippen LogP contribution in [0.3, 0.4) is 0 Å². The number of carboxylic acid groups (broad SMARTS) is 1. The van der Waals surface area contributed by atoms with Crippen LogP contribution in [-0.2, 0) is 9.53 Å². The number of aliphatic hydroxyl groups excluding tert-OH is 1. The van der Waals surface area contributed by atoms with Crippen LogP contribution in [0.1, 0.15) is 30.4 Å². The molecular weight excluding hydrogens is 346 g/mol. The van der Waals surface area contributed by atoms with Crippen molar-refractivity contribution in [2.24, 2.45) is 5.92 Å². The first-order valence-electron chi connectivity index (χ1n) is 8.96. The predicted octanol–water partition coefficient (Wildman–Crippen LogP) is 3.00. The van der Waals surface area contributed by atoms with E-state index >= 15 is 0 Å². The van der Waals surface area contributed by atoms with Crippen molar-refractivity contribution in [2.75, 3.05) is 13.2 Å². The third-order valence-corrected chi connectivity index (χ3v) is 4.88. The van der Waals surface area contributed by atoms with Gasteiger partial charge in [-0.2, -0.15) is 0 Å². The van der Waals surface area contributed by atoms with Crippen LogP contribution in [0.2, 0.25) is 0 Å². The molecule has 0 radical (unpaired) electrons. The number of fused-ring (bicyclic) bond motifs is 3. The summed E-state index contributed by atoms with van der Waals surface area (Å²) in [6.45, 7) is 1.70. The second-order valence-corrected chi connectivity index (χ2v) is 6.88. The number of aliphatic hydroxyl groups is 1. The lowest BCUT2D eigenvalue weighted by molar-refractivity contribution is -0.139. The van der Waals surface area contributed by atoms with Crippen LogP contribution in [-0.4, -0.2) is 41.5 Å². The fourth-order valence-electron chi connectivity index (χ4n) is 3.48. The molecule has 2 unspecified atom stereocenters. The summed E-state index contributed by atoms with van der Waals surface area (Å²) in [5, 5.41) is 20.7. The number of carboxylic acids is 1. The van der Waals surface area contributed by atoms with E-state index < -0.39 is 18.1 Å². The fourth-order valence-corrected chi connectivity index (χ4v) is 3.48. The van der Waals surface area contributed by atoms with E-state index in [0.717, 1.165) is 22.3 Å². The van der Waals surface area contributed by atoms with Crippen molar-refractivity contribution in [2.45, 2.75) is 25.3 Å². The number of benzene rings is 2. The largest absolute Gasteiger partial charge is 0.480 e. The highest BCUT2D eigenvalue weighted by Gasteiger charge is 2.30. The Hall–Kier alpha value is -2.86. The third-order valence-electron chi connectivity index (χ3n) is 4.88. The van der Waals surface area contributed by atoms with Crippen LogP contribution in [0.5, 0.6) is 0 Å². The molecule has 0 saturated heterocycles. The lowest BCUT2D eigenvalue weighted by Crippen LogP contribution is -2.42. The second kappa shape index (κ2) is 8.22. The molecule has 3 N–H and O–H groups in total. The van der Waals surface area contributed by atoms with Crippen molar-refractivity contribution in [1.29, 1.82) is 0 Å². The summed E-state index contributed by atoms with van der Waals surface area (Å²) in [6, 6.07) is 14.9. The standard InChI is InChI=1S/C21H23NO5/c1-13(11-23)10-19(20(24)25)22-21(26)27-12-18-16-8-4-2-6-14(16)15-7-3-5-9-17(15)18/h2-9,13,18-19,23H,10-12H2,1H3,(H,22,26)(H,24,25). The van der Waals surface area contributed by atoms with Crippen LogP contribution < -0.4 is 5.32 Å². The van der Waals surface area contributed by atoms with E-state index in [2.05, 4.69) is 5.32 Å². The smallest absolute Gasteiger partial charge is 0.407 e. The second-order valence-electron chi connectivity index (χ2n) is 6.88.